The van der Waals surface area contributed by atoms with E-state index in [-0.39, 0.29) is 11.6 Å². The summed E-state index contributed by atoms with van der Waals surface area (Å²) < 4.78 is 16.3. The van der Waals surface area contributed by atoms with Crippen molar-refractivity contribution in [1.29, 1.82) is 0 Å². The third-order valence-corrected chi connectivity index (χ3v) is 5.51. The van der Waals surface area contributed by atoms with Gasteiger partial charge < -0.3 is 14.2 Å². The predicted molar refractivity (Wildman–Crippen MR) is 98.4 cm³/mol. The van der Waals surface area contributed by atoms with Gasteiger partial charge >= 0.3 is 0 Å². The summed E-state index contributed by atoms with van der Waals surface area (Å²) in [5, 5.41) is 0. The number of fused-ring (bicyclic) bond motifs is 2. The van der Waals surface area contributed by atoms with Gasteiger partial charge in [-0.15, -0.1) is 0 Å². The third-order valence-electron chi connectivity index (χ3n) is 5.51. The van der Waals surface area contributed by atoms with Crippen molar-refractivity contribution in [2.24, 2.45) is 0 Å². The highest BCUT2D eigenvalue weighted by Crippen LogP contribution is 2.52. The molecule has 1 fully saturated rings. The maximum absolute atomic E-state index is 13.2. The fourth-order valence-corrected chi connectivity index (χ4v) is 3.98. The van der Waals surface area contributed by atoms with Gasteiger partial charge in [0.1, 0.15) is 11.5 Å². The summed E-state index contributed by atoms with van der Waals surface area (Å²) in [4.78, 5) is 26.0. The lowest BCUT2D eigenvalue weighted by Crippen LogP contribution is -2.37. The van der Waals surface area contributed by atoms with E-state index < -0.39 is 11.7 Å². The Morgan fingerprint density at radius 3 is 2.12 bits per heavy atom. The molecule has 0 amide bonds. The fourth-order valence-electron chi connectivity index (χ4n) is 3.98. The van der Waals surface area contributed by atoms with Gasteiger partial charge in [0, 0.05) is 0 Å². The van der Waals surface area contributed by atoms with E-state index in [1.807, 2.05) is 0 Å². The van der Waals surface area contributed by atoms with Crippen LogP contribution in [0.1, 0.15) is 79.0 Å². The third kappa shape index (κ3) is 3.13. The van der Waals surface area contributed by atoms with Crippen LogP contribution in [0, 0.1) is 0 Å². The van der Waals surface area contributed by atoms with Crippen LogP contribution in [0.2, 0.25) is 0 Å². The quantitative estimate of drug-likeness (QED) is 0.458. The van der Waals surface area contributed by atoms with Gasteiger partial charge in [0.15, 0.2) is 17.5 Å². The zero-order chi connectivity index (χ0) is 18.7. The fraction of sp³-hybridized carbons (Fsp3) is 0.619. The van der Waals surface area contributed by atoms with E-state index in [4.69, 9.17) is 14.2 Å². The van der Waals surface area contributed by atoms with Crippen LogP contribution >= 0.6 is 0 Å². The van der Waals surface area contributed by atoms with Gasteiger partial charge in [0.25, 0.3) is 0 Å². The Hall–Kier alpha value is -1.88. The van der Waals surface area contributed by atoms with E-state index in [1.54, 1.807) is 12.1 Å². The molecule has 0 aromatic heterocycles. The van der Waals surface area contributed by atoms with Crippen molar-refractivity contribution >= 4 is 11.6 Å². The van der Waals surface area contributed by atoms with E-state index in [9.17, 15) is 9.59 Å². The van der Waals surface area contributed by atoms with Crippen molar-refractivity contribution in [3.8, 4) is 11.5 Å². The molecule has 1 heterocycles. The lowest BCUT2D eigenvalue weighted by molar-refractivity contribution is 0.0845. The molecule has 3 rings (SSSR count). The monoisotopic (exact) mass is 360 g/mol. The molecule has 2 atom stereocenters. The molecule has 0 saturated carbocycles. The second-order valence-electron chi connectivity index (χ2n) is 7.17. The van der Waals surface area contributed by atoms with Gasteiger partial charge in [-0.3, -0.25) is 9.59 Å². The Kier molecular flexibility index (Phi) is 5.66. The molecule has 1 aliphatic heterocycles. The summed E-state index contributed by atoms with van der Waals surface area (Å²) in [6.07, 6.45) is 8.05. The highest BCUT2D eigenvalue weighted by molar-refractivity contribution is 6.25. The average Bonchev–Trinajstić information content (AvgIpc) is 3.40. The van der Waals surface area contributed by atoms with Crippen molar-refractivity contribution < 1.29 is 23.8 Å². The Balaban J connectivity index is 1.72. The predicted octanol–water partition coefficient (Wildman–Crippen LogP) is 4.36. The van der Waals surface area contributed by atoms with E-state index in [2.05, 4.69) is 6.92 Å². The van der Waals surface area contributed by atoms with Crippen molar-refractivity contribution in [3.05, 3.63) is 23.3 Å². The Morgan fingerprint density at radius 2 is 1.50 bits per heavy atom. The minimum Gasteiger partial charge on any atom is -0.496 e. The number of carbonyl (C=O) groups excluding carboxylic acids is 2. The van der Waals surface area contributed by atoms with Gasteiger partial charge in [-0.1, -0.05) is 45.4 Å². The summed E-state index contributed by atoms with van der Waals surface area (Å²) >= 11 is 0. The van der Waals surface area contributed by atoms with Crippen molar-refractivity contribution in [2.75, 3.05) is 14.2 Å². The van der Waals surface area contributed by atoms with Crippen LogP contribution in [-0.2, 0) is 4.74 Å². The Morgan fingerprint density at radius 1 is 0.923 bits per heavy atom. The maximum atomic E-state index is 13.2. The molecule has 1 aromatic carbocycles. The topological polar surface area (TPSA) is 65.1 Å². The number of rotatable bonds is 10. The van der Waals surface area contributed by atoms with Crippen molar-refractivity contribution in [2.45, 2.75) is 70.0 Å². The molecule has 2 aliphatic rings. The molecule has 0 spiro atoms. The first-order valence-corrected chi connectivity index (χ1v) is 9.62. The molecule has 26 heavy (non-hydrogen) atoms. The number of benzene rings is 1. The zero-order valence-electron chi connectivity index (χ0n) is 15.9. The average molecular weight is 360 g/mol. The molecular formula is C21H28O5. The van der Waals surface area contributed by atoms with E-state index in [0.717, 1.165) is 19.3 Å². The molecule has 0 radical (unpaired) electrons. The highest BCUT2D eigenvalue weighted by atomic mass is 16.6. The molecule has 142 valence electrons. The summed E-state index contributed by atoms with van der Waals surface area (Å²) in [7, 11) is 3.00. The standard InChI is InChI=1S/C21H28O5/c1-4-5-6-7-8-9-10-13-21-19(23)17-15(25-3)12-11-14(24-2)16(17)18(22)20(21)26-21/h11-12,20H,4-10,13H2,1-3H3. The lowest BCUT2D eigenvalue weighted by Gasteiger charge is -2.22. The Labute approximate surface area is 155 Å². The van der Waals surface area contributed by atoms with Crippen LogP contribution in [-0.4, -0.2) is 37.5 Å². The number of unbranched alkanes of at least 4 members (excludes halogenated alkanes) is 6. The van der Waals surface area contributed by atoms with E-state index >= 15 is 0 Å². The van der Waals surface area contributed by atoms with Gasteiger partial charge in [-0.05, 0) is 25.0 Å². The summed E-state index contributed by atoms with van der Waals surface area (Å²) in [6, 6.07) is 3.33. The number of hydrogen-bond donors (Lipinski definition) is 0. The molecule has 5 heteroatoms. The normalized spacial score (nSPS) is 23.4. The van der Waals surface area contributed by atoms with Gasteiger partial charge in [0.05, 0.1) is 25.3 Å². The second kappa shape index (κ2) is 7.78. The van der Waals surface area contributed by atoms with Crippen LogP contribution in [0.3, 0.4) is 0 Å². The van der Waals surface area contributed by atoms with Crippen molar-refractivity contribution in [3.63, 3.8) is 0 Å². The van der Waals surface area contributed by atoms with Crippen LogP contribution in [0.4, 0.5) is 0 Å². The van der Waals surface area contributed by atoms with Gasteiger partial charge in [-0.25, -0.2) is 0 Å². The minimum atomic E-state index is -0.979. The largest absolute Gasteiger partial charge is 0.496 e. The number of methoxy groups -OCH3 is 2. The van der Waals surface area contributed by atoms with Crippen LogP contribution in [0.15, 0.2) is 12.1 Å². The zero-order valence-corrected chi connectivity index (χ0v) is 15.9. The van der Waals surface area contributed by atoms with Gasteiger partial charge in [-0.2, -0.15) is 0 Å². The number of ketones is 2. The van der Waals surface area contributed by atoms with Crippen molar-refractivity contribution in [1.82, 2.24) is 0 Å². The molecule has 0 bridgehead atoms. The number of ether oxygens (including phenoxy) is 3. The van der Waals surface area contributed by atoms with E-state index in [1.165, 1.54) is 39.9 Å². The lowest BCUT2D eigenvalue weighted by atomic mass is 9.78. The first-order valence-electron chi connectivity index (χ1n) is 9.62. The number of epoxide rings is 1. The Bertz CT molecular complexity index is 696. The SMILES string of the molecule is CCCCCCCCCC12OC1C(=O)c1c(OC)ccc(OC)c1C2=O. The van der Waals surface area contributed by atoms with E-state index in [0.29, 0.717) is 29.0 Å². The molecule has 1 aromatic rings. The molecule has 1 saturated heterocycles. The minimum absolute atomic E-state index is 0.140. The molecular weight excluding hydrogens is 332 g/mol. The summed E-state index contributed by atoms with van der Waals surface area (Å²) in [5.74, 6) is 0.503. The molecule has 5 nitrogen and oxygen atoms in total. The van der Waals surface area contributed by atoms with Gasteiger partial charge in [0.2, 0.25) is 5.78 Å². The number of hydrogen-bond acceptors (Lipinski definition) is 5. The first kappa shape index (κ1) is 18.9. The van der Waals surface area contributed by atoms with Crippen LogP contribution in [0.25, 0.3) is 0 Å². The maximum Gasteiger partial charge on any atom is 0.202 e. The summed E-state index contributed by atoms with van der Waals surface area (Å²) in [6.45, 7) is 2.20. The molecule has 1 aliphatic carbocycles. The first-order chi connectivity index (χ1) is 12.6. The number of Topliss-reactive ketones (excluding diaryl/α,β-unsaturated/α-hetero) is 2. The van der Waals surface area contributed by atoms with Crippen LogP contribution in [0.5, 0.6) is 11.5 Å². The second-order valence-corrected chi connectivity index (χ2v) is 7.17. The molecule has 2 unspecified atom stereocenters. The number of carbonyl (C=O) groups is 2. The summed E-state index contributed by atoms with van der Waals surface area (Å²) in [5.41, 5.74) is -0.365. The molecule has 0 N–H and O–H groups in total. The highest BCUT2D eigenvalue weighted by Gasteiger charge is 2.69. The smallest absolute Gasteiger partial charge is 0.202 e. The van der Waals surface area contributed by atoms with Crippen LogP contribution < -0.4 is 9.47 Å².